The number of nitrogens with zero attached hydrogens (tertiary/aromatic N) is 1. The summed E-state index contributed by atoms with van der Waals surface area (Å²) in [7, 11) is 0. The van der Waals surface area contributed by atoms with E-state index in [2.05, 4.69) is 5.32 Å². The first kappa shape index (κ1) is 13.7. The summed E-state index contributed by atoms with van der Waals surface area (Å²) >= 11 is 0. The zero-order valence-corrected chi connectivity index (χ0v) is 10.8. The minimum absolute atomic E-state index is 0.00396. The van der Waals surface area contributed by atoms with Crippen molar-refractivity contribution in [3.05, 3.63) is 75.8 Å². The average Bonchev–Trinajstić information content (AvgIpc) is 2.46. The van der Waals surface area contributed by atoms with E-state index in [0.717, 1.165) is 5.56 Å². The smallest absolute Gasteiger partial charge is 0.273 e. The average molecular weight is 270 g/mol. The lowest BCUT2D eigenvalue weighted by atomic mass is 10.1. The van der Waals surface area contributed by atoms with Gasteiger partial charge in [-0.2, -0.15) is 0 Å². The molecule has 0 fully saturated rings. The molecule has 5 heteroatoms. The van der Waals surface area contributed by atoms with Crippen LogP contribution in [0.15, 0.2) is 54.6 Å². The summed E-state index contributed by atoms with van der Waals surface area (Å²) in [4.78, 5) is 22.2. The van der Waals surface area contributed by atoms with Gasteiger partial charge in [0.2, 0.25) is 5.91 Å². The molecule has 5 nitrogen and oxygen atoms in total. The largest absolute Gasteiger partial charge is 0.352 e. The maximum atomic E-state index is 11.8. The van der Waals surface area contributed by atoms with Gasteiger partial charge in [-0.15, -0.1) is 0 Å². The number of hydrogen-bond donors (Lipinski definition) is 1. The van der Waals surface area contributed by atoms with Crippen LogP contribution in [0, 0.1) is 10.1 Å². The molecule has 20 heavy (non-hydrogen) atoms. The van der Waals surface area contributed by atoms with E-state index >= 15 is 0 Å². The summed E-state index contributed by atoms with van der Waals surface area (Å²) in [6.45, 7) is 0.417. The highest BCUT2D eigenvalue weighted by Crippen LogP contribution is 2.17. The van der Waals surface area contributed by atoms with Gasteiger partial charge < -0.3 is 5.32 Å². The van der Waals surface area contributed by atoms with Gasteiger partial charge in [-0.1, -0.05) is 48.5 Å². The van der Waals surface area contributed by atoms with Crippen LogP contribution in [0.3, 0.4) is 0 Å². The van der Waals surface area contributed by atoms with Gasteiger partial charge in [-0.25, -0.2) is 0 Å². The molecule has 2 aromatic rings. The van der Waals surface area contributed by atoms with E-state index in [4.69, 9.17) is 0 Å². The molecule has 102 valence electrons. The number of benzene rings is 2. The Hall–Kier alpha value is -2.69. The summed E-state index contributed by atoms with van der Waals surface area (Å²) in [6.07, 6.45) is 0.00396. The summed E-state index contributed by atoms with van der Waals surface area (Å²) in [5.74, 6) is -0.233. The Kier molecular flexibility index (Phi) is 4.44. The molecule has 0 bridgehead atoms. The highest BCUT2D eigenvalue weighted by molar-refractivity contribution is 5.79. The fourth-order valence-electron chi connectivity index (χ4n) is 1.87. The number of hydrogen-bond acceptors (Lipinski definition) is 3. The second kappa shape index (κ2) is 6.47. The van der Waals surface area contributed by atoms with Crippen molar-refractivity contribution in [3.63, 3.8) is 0 Å². The predicted octanol–water partition coefficient (Wildman–Crippen LogP) is 2.45. The molecule has 0 saturated heterocycles. The first-order chi connectivity index (χ1) is 9.66. The number of rotatable bonds is 5. The van der Waals surface area contributed by atoms with Crippen LogP contribution < -0.4 is 5.32 Å². The zero-order chi connectivity index (χ0) is 14.4. The van der Waals surface area contributed by atoms with Crippen molar-refractivity contribution >= 4 is 11.6 Å². The third-order valence-corrected chi connectivity index (χ3v) is 2.87. The van der Waals surface area contributed by atoms with Crippen molar-refractivity contribution in [1.82, 2.24) is 5.32 Å². The van der Waals surface area contributed by atoms with Crippen LogP contribution in [0.25, 0.3) is 0 Å². The second-order valence-corrected chi connectivity index (χ2v) is 4.32. The molecule has 1 N–H and O–H groups in total. The van der Waals surface area contributed by atoms with Gasteiger partial charge >= 0.3 is 0 Å². The molecule has 0 aliphatic heterocycles. The van der Waals surface area contributed by atoms with E-state index in [1.54, 1.807) is 18.2 Å². The fraction of sp³-hybridized carbons (Fsp3) is 0.133. The molecule has 0 heterocycles. The van der Waals surface area contributed by atoms with Crippen molar-refractivity contribution in [1.29, 1.82) is 0 Å². The number of nitro benzene ring substituents is 1. The number of carbonyl (C=O) groups excluding carboxylic acids is 1. The Morgan fingerprint density at radius 2 is 1.70 bits per heavy atom. The van der Waals surface area contributed by atoms with Crippen LogP contribution in [0.5, 0.6) is 0 Å². The van der Waals surface area contributed by atoms with Gasteiger partial charge in [-0.05, 0) is 5.56 Å². The number of carbonyl (C=O) groups is 1. The van der Waals surface area contributed by atoms with Crippen molar-refractivity contribution in [2.75, 3.05) is 0 Å². The summed E-state index contributed by atoms with van der Waals surface area (Å²) in [5, 5.41) is 13.6. The van der Waals surface area contributed by atoms with Crippen LogP contribution >= 0.6 is 0 Å². The third kappa shape index (κ3) is 3.65. The molecular formula is C15H14N2O3. The Labute approximate surface area is 116 Å². The minimum Gasteiger partial charge on any atom is -0.352 e. The Balaban J connectivity index is 1.97. The van der Waals surface area contributed by atoms with Gasteiger partial charge in [0, 0.05) is 18.2 Å². The number of nitrogens with one attached hydrogen (secondary N) is 1. The molecule has 0 atom stereocenters. The van der Waals surface area contributed by atoms with Gasteiger partial charge in [0.25, 0.3) is 5.69 Å². The van der Waals surface area contributed by atoms with Crippen LogP contribution in [0.4, 0.5) is 5.69 Å². The highest BCUT2D eigenvalue weighted by Gasteiger charge is 2.15. The van der Waals surface area contributed by atoms with E-state index in [1.165, 1.54) is 6.07 Å². The molecule has 0 aliphatic carbocycles. The maximum absolute atomic E-state index is 11.8. The minimum atomic E-state index is -0.472. The second-order valence-electron chi connectivity index (χ2n) is 4.32. The summed E-state index contributed by atoms with van der Waals surface area (Å²) < 4.78 is 0. The van der Waals surface area contributed by atoms with Crippen molar-refractivity contribution in [3.8, 4) is 0 Å². The molecule has 0 saturated carbocycles. The zero-order valence-electron chi connectivity index (χ0n) is 10.8. The van der Waals surface area contributed by atoms with Crippen LogP contribution in [-0.2, 0) is 17.8 Å². The van der Waals surface area contributed by atoms with E-state index in [-0.39, 0.29) is 18.0 Å². The predicted molar refractivity (Wildman–Crippen MR) is 75.1 cm³/mol. The quantitative estimate of drug-likeness (QED) is 0.670. The van der Waals surface area contributed by atoms with Gasteiger partial charge in [-0.3, -0.25) is 14.9 Å². The first-order valence-corrected chi connectivity index (χ1v) is 6.20. The lowest BCUT2D eigenvalue weighted by Crippen LogP contribution is -2.24. The lowest BCUT2D eigenvalue weighted by molar-refractivity contribution is -0.385. The van der Waals surface area contributed by atoms with Crippen LogP contribution in [0.1, 0.15) is 11.1 Å². The topological polar surface area (TPSA) is 72.2 Å². The number of para-hydroxylation sites is 1. The van der Waals surface area contributed by atoms with Gasteiger partial charge in [0.1, 0.15) is 0 Å². The summed E-state index contributed by atoms with van der Waals surface area (Å²) in [6, 6.07) is 15.8. The molecule has 2 aromatic carbocycles. The fourth-order valence-corrected chi connectivity index (χ4v) is 1.87. The Morgan fingerprint density at radius 1 is 1.05 bits per heavy atom. The standard InChI is InChI=1S/C15H14N2O3/c18-15(16-11-12-6-2-1-3-7-12)10-13-8-4-5-9-14(13)17(19)20/h1-9H,10-11H2,(H,16,18). The summed E-state index contributed by atoms with van der Waals surface area (Å²) in [5.41, 5.74) is 1.38. The van der Waals surface area contributed by atoms with E-state index < -0.39 is 4.92 Å². The molecule has 0 spiro atoms. The molecule has 0 aromatic heterocycles. The van der Waals surface area contributed by atoms with Gasteiger partial charge in [0.05, 0.1) is 11.3 Å². The Morgan fingerprint density at radius 3 is 2.40 bits per heavy atom. The molecule has 0 aliphatic rings. The maximum Gasteiger partial charge on any atom is 0.273 e. The van der Waals surface area contributed by atoms with Crippen molar-refractivity contribution < 1.29 is 9.72 Å². The van der Waals surface area contributed by atoms with E-state index in [9.17, 15) is 14.9 Å². The van der Waals surface area contributed by atoms with E-state index in [0.29, 0.717) is 12.1 Å². The monoisotopic (exact) mass is 270 g/mol. The third-order valence-electron chi connectivity index (χ3n) is 2.87. The first-order valence-electron chi connectivity index (χ1n) is 6.20. The van der Waals surface area contributed by atoms with Crippen LogP contribution in [-0.4, -0.2) is 10.8 Å². The van der Waals surface area contributed by atoms with Crippen molar-refractivity contribution in [2.24, 2.45) is 0 Å². The normalized spacial score (nSPS) is 10.0. The molecule has 1 amide bonds. The number of amides is 1. The highest BCUT2D eigenvalue weighted by atomic mass is 16.6. The lowest BCUT2D eigenvalue weighted by Gasteiger charge is -2.06. The van der Waals surface area contributed by atoms with Crippen LogP contribution in [0.2, 0.25) is 0 Å². The van der Waals surface area contributed by atoms with Crippen molar-refractivity contribution in [2.45, 2.75) is 13.0 Å². The molecular weight excluding hydrogens is 256 g/mol. The number of nitro groups is 1. The Bertz CT molecular complexity index is 612. The van der Waals surface area contributed by atoms with Gasteiger partial charge in [0.15, 0.2) is 0 Å². The van der Waals surface area contributed by atoms with E-state index in [1.807, 2.05) is 30.3 Å². The molecule has 2 rings (SSSR count). The molecule has 0 radical (unpaired) electrons. The molecule has 0 unspecified atom stereocenters. The SMILES string of the molecule is O=C(Cc1ccccc1[N+](=O)[O-])NCc1ccccc1.